The SMILES string of the molecule is O.O.O.O.O.O.O=[N+]([O-])[O-].[Co+2]. The second-order valence-electron chi connectivity index (χ2n) is 0.224. The molecule has 12 N–H and O–H groups in total. The second kappa shape index (κ2) is 112. The van der Waals surface area contributed by atoms with Gasteiger partial charge in [0.25, 0.3) is 0 Å². The Labute approximate surface area is 71.0 Å². The molecule has 0 aromatic carbocycles. The van der Waals surface area contributed by atoms with Crippen molar-refractivity contribution in [3.8, 4) is 0 Å². The van der Waals surface area contributed by atoms with Gasteiger partial charge in [-0.1, -0.05) is 0 Å². The summed E-state index contributed by atoms with van der Waals surface area (Å²) in [7, 11) is 0. The molecule has 11 heteroatoms. The van der Waals surface area contributed by atoms with Crippen LogP contribution in [0.25, 0.3) is 0 Å². The minimum Gasteiger partial charge on any atom is -0.412 e. The van der Waals surface area contributed by atoms with Crippen LogP contribution < -0.4 is 0 Å². The largest absolute Gasteiger partial charge is 2.00 e. The first-order chi connectivity index (χ1) is 1.73. The average molecular weight is 229 g/mol. The van der Waals surface area contributed by atoms with Gasteiger partial charge in [-0.25, -0.2) is 0 Å². The normalized spacial score (nSPS) is 2.18. The van der Waals surface area contributed by atoms with Gasteiger partial charge in [0, 0.05) is 0 Å². The number of hydrogen-bond acceptors (Lipinski definition) is 3. The van der Waals surface area contributed by atoms with Crippen molar-refractivity contribution in [3.63, 3.8) is 0 Å². The first kappa shape index (κ1) is 154. The molecule has 0 heterocycles. The Morgan fingerprint density at radius 1 is 0.727 bits per heavy atom. The van der Waals surface area contributed by atoms with Crippen LogP contribution in [0.5, 0.6) is 0 Å². The van der Waals surface area contributed by atoms with E-state index >= 15 is 0 Å². The van der Waals surface area contributed by atoms with Gasteiger partial charge in [-0.15, -0.1) is 0 Å². The molecule has 0 saturated carbocycles. The van der Waals surface area contributed by atoms with Gasteiger partial charge in [-0.3, -0.25) is 0 Å². The predicted molar refractivity (Wildman–Crippen MR) is 32.0 cm³/mol. The Balaban J connectivity index is -0.00000000214. The molecule has 0 aromatic rings. The molecule has 0 fully saturated rings. The Morgan fingerprint density at radius 2 is 0.727 bits per heavy atom. The summed E-state index contributed by atoms with van der Waals surface area (Å²) in [5.41, 5.74) is 0. The molecule has 0 bridgehead atoms. The van der Waals surface area contributed by atoms with Crippen molar-refractivity contribution in [2.75, 3.05) is 0 Å². The maximum atomic E-state index is 8.25. The van der Waals surface area contributed by atoms with Crippen LogP contribution in [0.15, 0.2) is 0 Å². The molecule has 0 unspecified atom stereocenters. The zero-order chi connectivity index (χ0) is 3.58. The van der Waals surface area contributed by atoms with Crippen molar-refractivity contribution >= 4 is 0 Å². The minimum atomic E-state index is -1.75. The molecule has 0 aliphatic heterocycles. The van der Waals surface area contributed by atoms with E-state index in [1.165, 1.54) is 0 Å². The molecular weight excluding hydrogens is 217 g/mol. The molecule has 0 amide bonds. The van der Waals surface area contributed by atoms with E-state index in [1.807, 2.05) is 0 Å². The summed E-state index contributed by atoms with van der Waals surface area (Å²) in [5, 5.41) is 14.8. The van der Waals surface area contributed by atoms with Crippen LogP contribution in [0.2, 0.25) is 0 Å². The molecule has 0 aliphatic rings. The molecule has 1 radical (unpaired) electrons. The molecule has 0 aromatic heterocycles. The van der Waals surface area contributed by atoms with Crippen LogP contribution in [0.1, 0.15) is 0 Å². The minimum absolute atomic E-state index is 0. The Morgan fingerprint density at radius 3 is 0.727 bits per heavy atom. The molecule has 11 heavy (non-hydrogen) atoms. The fourth-order valence-electron chi connectivity index (χ4n) is 0. The molecule has 0 atom stereocenters. The van der Waals surface area contributed by atoms with E-state index in [0.717, 1.165) is 0 Å². The smallest absolute Gasteiger partial charge is 0.412 e. The van der Waals surface area contributed by atoms with Gasteiger partial charge in [0.15, 0.2) is 0 Å². The Hall–Kier alpha value is -0.534. The fourth-order valence-corrected chi connectivity index (χ4v) is 0. The maximum Gasteiger partial charge on any atom is 2.00 e. The van der Waals surface area contributed by atoms with Gasteiger partial charge in [-0.2, -0.15) is 0 Å². The monoisotopic (exact) mass is 229 g/mol. The Kier molecular flexibility index (Phi) is 1560. The summed E-state index contributed by atoms with van der Waals surface area (Å²) >= 11 is 0. The second-order valence-corrected chi connectivity index (χ2v) is 0.224. The zero-order valence-corrected chi connectivity index (χ0v) is 6.05. The first-order valence-electron chi connectivity index (χ1n) is 0.548. The van der Waals surface area contributed by atoms with E-state index in [1.54, 1.807) is 0 Å². The van der Waals surface area contributed by atoms with E-state index in [-0.39, 0.29) is 49.6 Å². The van der Waals surface area contributed by atoms with Gasteiger partial charge < -0.3 is 48.2 Å². The third-order valence-corrected chi connectivity index (χ3v) is 0. The molecule has 0 saturated heterocycles. The van der Waals surface area contributed by atoms with Crippen LogP contribution in [-0.2, 0) is 16.8 Å². The third-order valence-electron chi connectivity index (χ3n) is 0. The number of rotatable bonds is 0. The van der Waals surface area contributed by atoms with Gasteiger partial charge in [0.2, 0.25) is 0 Å². The average Bonchev–Trinajstić information content (AvgIpc) is 0.811. The van der Waals surface area contributed by atoms with Gasteiger partial charge in [0.05, 0.1) is 5.09 Å². The summed E-state index contributed by atoms with van der Waals surface area (Å²) < 4.78 is 0. The summed E-state index contributed by atoms with van der Waals surface area (Å²) in [5.74, 6) is 0. The molecule has 0 rings (SSSR count). The van der Waals surface area contributed by atoms with Crippen molar-refractivity contribution in [3.05, 3.63) is 15.3 Å². The number of hydrogen-bond donors (Lipinski definition) is 0. The Bertz CT molecular complexity index is 32.5. The fraction of sp³-hybridized carbons (Fsp3) is 0. The topological polar surface area (TPSA) is 255 Å². The van der Waals surface area contributed by atoms with Crippen LogP contribution in [0.3, 0.4) is 0 Å². The standard InChI is InChI=1S/Co.NO3.6H2O/c;2-1(3)4;;;;;;/h;;6*1H2/q+2;-1;;;;;;. The summed E-state index contributed by atoms with van der Waals surface area (Å²) in [4.78, 5) is 8.25. The van der Waals surface area contributed by atoms with E-state index in [2.05, 4.69) is 0 Å². The number of nitrogens with zero attached hydrogens (tertiary/aromatic N) is 1. The van der Waals surface area contributed by atoms with Crippen LogP contribution >= 0.6 is 0 Å². The van der Waals surface area contributed by atoms with E-state index in [0.29, 0.717) is 0 Å². The first-order valence-corrected chi connectivity index (χ1v) is 0.548. The molecule has 10 nitrogen and oxygen atoms in total. The van der Waals surface area contributed by atoms with Crippen molar-refractivity contribution in [1.82, 2.24) is 0 Å². The summed E-state index contributed by atoms with van der Waals surface area (Å²) in [6.07, 6.45) is 0. The summed E-state index contributed by atoms with van der Waals surface area (Å²) in [6, 6.07) is 0. The van der Waals surface area contributed by atoms with E-state index in [9.17, 15) is 0 Å². The zero-order valence-electron chi connectivity index (χ0n) is 5.01. The molecule has 0 spiro atoms. The summed E-state index contributed by atoms with van der Waals surface area (Å²) in [6.45, 7) is 0. The molecular formula is H12CoNO9+. The van der Waals surface area contributed by atoms with Gasteiger partial charge in [-0.05, 0) is 0 Å². The van der Waals surface area contributed by atoms with Crippen LogP contribution in [0.4, 0.5) is 0 Å². The van der Waals surface area contributed by atoms with Crippen molar-refractivity contribution in [2.24, 2.45) is 0 Å². The molecule has 0 aliphatic carbocycles. The van der Waals surface area contributed by atoms with Crippen LogP contribution in [0, 0.1) is 15.3 Å². The van der Waals surface area contributed by atoms with Crippen molar-refractivity contribution in [1.29, 1.82) is 0 Å². The third kappa shape index (κ3) is 1850. The molecule has 79 valence electrons. The van der Waals surface area contributed by atoms with Crippen molar-refractivity contribution in [2.45, 2.75) is 0 Å². The maximum absolute atomic E-state index is 8.25. The van der Waals surface area contributed by atoms with E-state index in [4.69, 9.17) is 15.3 Å². The predicted octanol–water partition coefficient (Wildman–Crippen LogP) is -5.19. The van der Waals surface area contributed by atoms with Crippen LogP contribution in [-0.4, -0.2) is 37.9 Å². The van der Waals surface area contributed by atoms with Gasteiger partial charge >= 0.3 is 16.8 Å². The van der Waals surface area contributed by atoms with Crippen molar-refractivity contribution < 1.29 is 54.7 Å². The van der Waals surface area contributed by atoms with Gasteiger partial charge in [0.1, 0.15) is 0 Å². The van der Waals surface area contributed by atoms with E-state index < -0.39 is 5.09 Å². The quantitative estimate of drug-likeness (QED) is 0.291.